The average molecular weight is 457 g/mol. The summed E-state index contributed by atoms with van der Waals surface area (Å²) in [6.07, 6.45) is 2.94. The Morgan fingerprint density at radius 1 is 1.26 bits per heavy atom. The quantitative estimate of drug-likeness (QED) is 0.455. The molecule has 6 nitrogen and oxygen atoms in total. The lowest BCUT2D eigenvalue weighted by atomic mass is 9.97. The third kappa shape index (κ3) is 6.66. The van der Waals surface area contributed by atoms with E-state index in [0.717, 1.165) is 55.3 Å². The smallest absolute Gasteiger partial charge is 0.241 e. The molecule has 0 spiro atoms. The highest BCUT2D eigenvalue weighted by Gasteiger charge is 2.26. The topological polar surface area (TPSA) is 71.3 Å². The summed E-state index contributed by atoms with van der Waals surface area (Å²) in [4.78, 5) is 20.4. The number of piperidine rings is 1. The van der Waals surface area contributed by atoms with Gasteiger partial charge in [0.05, 0.1) is 17.3 Å². The Bertz CT molecular complexity index is 930. The van der Waals surface area contributed by atoms with E-state index in [0.29, 0.717) is 18.3 Å². The maximum atomic E-state index is 12.6. The van der Waals surface area contributed by atoms with Crippen molar-refractivity contribution in [1.29, 1.82) is 0 Å². The third-order valence-electron chi connectivity index (χ3n) is 5.32. The minimum atomic E-state index is 0.0328. The van der Waals surface area contributed by atoms with Crippen molar-refractivity contribution in [3.63, 3.8) is 0 Å². The van der Waals surface area contributed by atoms with E-state index in [1.165, 1.54) is 5.56 Å². The SMILES string of the molecule is O=C(NCCCSCc1ccccc1)C1CCCN(Cc2nc(-c3cccs3)no2)C1. The van der Waals surface area contributed by atoms with Crippen molar-refractivity contribution in [3.8, 4) is 10.7 Å². The number of likely N-dealkylation sites (tertiary alicyclic amines) is 1. The molecule has 1 aromatic carbocycles. The molecule has 0 bridgehead atoms. The highest BCUT2D eigenvalue weighted by atomic mass is 32.2. The van der Waals surface area contributed by atoms with Crippen LogP contribution in [0, 0.1) is 5.92 Å². The summed E-state index contributed by atoms with van der Waals surface area (Å²) in [6.45, 7) is 3.03. The number of hydrogen-bond donors (Lipinski definition) is 1. The number of amides is 1. The number of benzene rings is 1. The lowest BCUT2D eigenvalue weighted by Crippen LogP contribution is -2.43. The van der Waals surface area contributed by atoms with Gasteiger partial charge >= 0.3 is 0 Å². The van der Waals surface area contributed by atoms with Crippen LogP contribution in [0.25, 0.3) is 10.7 Å². The first-order chi connectivity index (χ1) is 15.3. The van der Waals surface area contributed by atoms with Gasteiger partial charge in [0.15, 0.2) is 0 Å². The van der Waals surface area contributed by atoms with E-state index in [1.807, 2.05) is 35.3 Å². The first kappa shape index (κ1) is 22.0. The zero-order valence-electron chi connectivity index (χ0n) is 17.5. The highest BCUT2D eigenvalue weighted by molar-refractivity contribution is 7.98. The molecular weight excluding hydrogens is 428 g/mol. The summed E-state index contributed by atoms with van der Waals surface area (Å²) in [5.74, 6) is 3.53. The van der Waals surface area contributed by atoms with E-state index in [9.17, 15) is 4.79 Å². The molecule has 0 aliphatic carbocycles. The molecule has 0 saturated carbocycles. The van der Waals surface area contributed by atoms with Gasteiger partial charge in [-0.1, -0.05) is 41.6 Å². The Kier molecular flexibility index (Phi) is 8.15. The van der Waals surface area contributed by atoms with Crippen LogP contribution >= 0.6 is 23.1 Å². The van der Waals surface area contributed by atoms with Gasteiger partial charge in [-0.2, -0.15) is 16.7 Å². The molecule has 1 saturated heterocycles. The molecule has 8 heteroatoms. The molecule has 164 valence electrons. The van der Waals surface area contributed by atoms with Crippen LogP contribution in [0.3, 0.4) is 0 Å². The third-order valence-corrected chi connectivity index (χ3v) is 7.30. The molecule has 1 atom stereocenters. The van der Waals surface area contributed by atoms with Crippen LogP contribution in [0.2, 0.25) is 0 Å². The van der Waals surface area contributed by atoms with Crippen molar-refractivity contribution in [2.45, 2.75) is 31.6 Å². The lowest BCUT2D eigenvalue weighted by molar-refractivity contribution is -0.126. The second kappa shape index (κ2) is 11.5. The predicted octanol–water partition coefficient (Wildman–Crippen LogP) is 4.45. The van der Waals surface area contributed by atoms with Crippen LogP contribution in [0.15, 0.2) is 52.4 Å². The van der Waals surface area contributed by atoms with Crippen molar-refractivity contribution in [2.75, 3.05) is 25.4 Å². The van der Waals surface area contributed by atoms with E-state index >= 15 is 0 Å². The summed E-state index contributed by atoms with van der Waals surface area (Å²) in [6, 6.07) is 14.5. The van der Waals surface area contributed by atoms with E-state index in [-0.39, 0.29) is 11.8 Å². The second-order valence-electron chi connectivity index (χ2n) is 7.75. The average Bonchev–Trinajstić information content (AvgIpc) is 3.49. The van der Waals surface area contributed by atoms with Crippen molar-refractivity contribution in [1.82, 2.24) is 20.4 Å². The highest BCUT2D eigenvalue weighted by Crippen LogP contribution is 2.23. The molecular formula is C23H28N4O2S2. The van der Waals surface area contributed by atoms with Gasteiger partial charge in [-0.05, 0) is 48.6 Å². The number of aromatic nitrogens is 2. The molecule has 1 fully saturated rings. The number of rotatable bonds is 10. The van der Waals surface area contributed by atoms with E-state index in [4.69, 9.17) is 4.52 Å². The van der Waals surface area contributed by atoms with Gasteiger partial charge in [0.2, 0.25) is 17.6 Å². The van der Waals surface area contributed by atoms with Gasteiger partial charge in [-0.25, -0.2) is 0 Å². The Balaban J connectivity index is 1.15. The first-order valence-corrected chi connectivity index (χ1v) is 12.8. The van der Waals surface area contributed by atoms with Crippen LogP contribution in [-0.4, -0.2) is 46.3 Å². The van der Waals surface area contributed by atoms with Crippen LogP contribution in [0.4, 0.5) is 0 Å². The van der Waals surface area contributed by atoms with Crippen molar-refractivity contribution < 1.29 is 9.32 Å². The number of carbonyl (C=O) groups is 1. The Labute approximate surface area is 191 Å². The van der Waals surface area contributed by atoms with Gasteiger partial charge in [-0.3, -0.25) is 9.69 Å². The largest absolute Gasteiger partial charge is 0.356 e. The van der Waals surface area contributed by atoms with Crippen LogP contribution in [0.1, 0.15) is 30.7 Å². The maximum Gasteiger partial charge on any atom is 0.241 e. The Hall–Kier alpha value is -2.16. The van der Waals surface area contributed by atoms with Crippen molar-refractivity contribution in [2.24, 2.45) is 5.92 Å². The van der Waals surface area contributed by atoms with Gasteiger partial charge < -0.3 is 9.84 Å². The molecule has 1 unspecified atom stereocenters. The molecule has 3 heterocycles. The molecule has 31 heavy (non-hydrogen) atoms. The molecule has 3 aromatic rings. The fourth-order valence-corrected chi connectivity index (χ4v) is 5.29. The second-order valence-corrected chi connectivity index (χ2v) is 9.80. The first-order valence-electron chi connectivity index (χ1n) is 10.8. The van der Waals surface area contributed by atoms with Crippen LogP contribution in [-0.2, 0) is 17.1 Å². The Morgan fingerprint density at radius 3 is 3.00 bits per heavy atom. The summed E-state index contributed by atoms with van der Waals surface area (Å²) < 4.78 is 5.42. The Morgan fingerprint density at radius 2 is 2.16 bits per heavy atom. The fourth-order valence-electron chi connectivity index (χ4n) is 3.72. The maximum absolute atomic E-state index is 12.6. The summed E-state index contributed by atoms with van der Waals surface area (Å²) in [5.41, 5.74) is 1.35. The monoisotopic (exact) mass is 456 g/mol. The van der Waals surface area contributed by atoms with Crippen molar-refractivity contribution >= 4 is 29.0 Å². The molecule has 2 aromatic heterocycles. The minimum absolute atomic E-state index is 0.0328. The lowest BCUT2D eigenvalue weighted by Gasteiger charge is -2.30. The number of hydrogen-bond acceptors (Lipinski definition) is 7. The summed E-state index contributed by atoms with van der Waals surface area (Å²) >= 11 is 3.51. The zero-order valence-corrected chi connectivity index (χ0v) is 19.2. The number of nitrogens with one attached hydrogen (secondary N) is 1. The number of carbonyl (C=O) groups excluding carboxylic acids is 1. The molecule has 1 N–H and O–H groups in total. The normalized spacial score (nSPS) is 17.0. The molecule has 1 aliphatic heterocycles. The van der Waals surface area contributed by atoms with E-state index in [1.54, 1.807) is 11.3 Å². The van der Waals surface area contributed by atoms with Crippen molar-refractivity contribution in [3.05, 3.63) is 59.3 Å². The molecule has 1 amide bonds. The standard InChI is InChI=1S/C23H28N4O2S2/c28-23(24-11-6-13-30-17-18-7-2-1-3-8-18)19-9-4-12-27(15-19)16-21-25-22(26-29-21)20-10-5-14-31-20/h1-3,5,7-8,10,14,19H,4,6,9,11-13,15-17H2,(H,24,28). The van der Waals surface area contributed by atoms with Crippen LogP contribution < -0.4 is 5.32 Å². The van der Waals surface area contributed by atoms with E-state index in [2.05, 4.69) is 44.6 Å². The van der Waals surface area contributed by atoms with Gasteiger partial charge in [-0.15, -0.1) is 11.3 Å². The van der Waals surface area contributed by atoms with Crippen LogP contribution in [0.5, 0.6) is 0 Å². The van der Waals surface area contributed by atoms with Gasteiger partial charge in [0.1, 0.15) is 0 Å². The fraction of sp³-hybridized carbons (Fsp3) is 0.435. The number of nitrogens with zero attached hydrogens (tertiary/aromatic N) is 3. The van der Waals surface area contributed by atoms with Gasteiger partial charge in [0, 0.05) is 18.8 Å². The minimum Gasteiger partial charge on any atom is -0.356 e. The van der Waals surface area contributed by atoms with Gasteiger partial charge in [0.25, 0.3) is 0 Å². The number of thioether (sulfide) groups is 1. The zero-order chi connectivity index (χ0) is 21.3. The summed E-state index contributed by atoms with van der Waals surface area (Å²) in [7, 11) is 0. The predicted molar refractivity (Wildman–Crippen MR) is 126 cm³/mol. The summed E-state index contributed by atoms with van der Waals surface area (Å²) in [5, 5.41) is 9.21. The molecule has 4 rings (SSSR count). The molecule has 1 aliphatic rings. The number of thiophene rings is 1. The van der Waals surface area contributed by atoms with E-state index < -0.39 is 0 Å². The molecule has 0 radical (unpaired) electrons.